The maximum absolute atomic E-state index is 12.4. The van der Waals surface area contributed by atoms with E-state index in [9.17, 15) is 4.79 Å². The van der Waals surface area contributed by atoms with E-state index in [-0.39, 0.29) is 5.91 Å². The molecule has 0 spiro atoms. The van der Waals surface area contributed by atoms with Gasteiger partial charge in [0.1, 0.15) is 0 Å². The lowest BCUT2D eigenvalue weighted by Crippen LogP contribution is -2.21. The van der Waals surface area contributed by atoms with E-state index in [2.05, 4.69) is 0 Å². The molecule has 18 heavy (non-hydrogen) atoms. The number of hydrogen-bond acceptors (Lipinski definition) is 1. The average molecular weight is 256 g/mol. The Kier molecular flexibility index (Phi) is 2.65. The molecule has 0 N–H and O–H groups in total. The highest BCUT2D eigenvalue weighted by atomic mass is 35.5. The molecule has 2 nitrogen and oxygen atoms in total. The van der Waals surface area contributed by atoms with E-state index in [4.69, 9.17) is 11.6 Å². The molecule has 0 aliphatic carbocycles. The second kappa shape index (κ2) is 4.31. The Morgan fingerprint density at radius 3 is 2.17 bits per heavy atom. The maximum atomic E-state index is 12.4. The van der Waals surface area contributed by atoms with Crippen LogP contribution < -0.4 is 4.90 Å². The molecule has 3 rings (SSSR count). The first-order valence-electron chi connectivity index (χ1n) is 5.62. The van der Waals surface area contributed by atoms with E-state index in [1.54, 1.807) is 4.90 Å². The van der Waals surface area contributed by atoms with Gasteiger partial charge in [0.15, 0.2) is 0 Å². The average Bonchev–Trinajstić information content (AvgIpc) is 2.73. The van der Waals surface area contributed by atoms with Crippen LogP contribution in [0.15, 0.2) is 60.1 Å². The molecule has 2 aromatic carbocycles. The Bertz CT molecular complexity index is 634. The standard InChI is InChI=1S/C15H10ClNO/c16-10-14-12-8-4-5-9-13(12)15(18)17(14)11-6-2-1-3-7-11/h1-10H/b14-10+. The predicted molar refractivity (Wildman–Crippen MR) is 73.5 cm³/mol. The van der Waals surface area contributed by atoms with Crippen molar-refractivity contribution in [1.29, 1.82) is 0 Å². The topological polar surface area (TPSA) is 20.3 Å². The number of para-hydroxylation sites is 1. The van der Waals surface area contributed by atoms with Crippen molar-refractivity contribution in [2.24, 2.45) is 0 Å². The fourth-order valence-electron chi connectivity index (χ4n) is 2.18. The Morgan fingerprint density at radius 1 is 0.889 bits per heavy atom. The van der Waals surface area contributed by atoms with Gasteiger partial charge in [-0.25, -0.2) is 0 Å². The van der Waals surface area contributed by atoms with Gasteiger partial charge < -0.3 is 0 Å². The minimum Gasteiger partial charge on any atom is -0.275 e. The molecule has 0 saturated heterocycles. The molecule has 0 aromatic heterocycles. The van der Waals surface area contributed by atoms with Gasteiger partial charge in [-0.15, -0.1) is 0 Å². The smallest absolute Gasteiger partial charge is 0.263 e. The SMILES string of the molecule is O=C1c2ccccc2/C(=C\Cl)N1c1ccccc1. The number of carbonyl (C=O) groups excluding carboxylic acids is 1. The molecule has 0 fully saturated rings. The van der Waals surface area contributed by atoms with E-state index < -0.39 is 0 Å². The monoisotopic (exact) mass is 255 g/mol. The van der Waals surface area contributed by atoms with Gasteiger partial charge in [-0.1, -0.05) is 48.0 Å². The van der Waals surface area contributed by atoms with Crippen LogP contribution in [-0.4, -0.2) is 5.91 Å². The lowest BCUT2D eigenvalue weighted by atomic mass is 10.1. The van der Waals surface area contributed by atoms with Crippen LogP contribution in [0.5, 0.6) is 0 Å². The van der Waals surface area contributed by atoms with Crippen LogP contribution in [0.4, 0.5) is 5.69 Å². The molecular weight excluding hydrogens is 246 g/mol. The summed E-state index contributed by atoms with van der Waals surface area (Å²) in [6.45, 7) is 0. The predicted octanol–water partition coefficient (Wildman–Crippen LogP) is 3.88. The van der Waals surface area contributed by atoms with Gasteiger partial charge in [-0.05, 0) is 18.2 Å². The fourth-order valence-corrected chi connectivity index (χ4v) is 2.40. The minimum atomic E-state index is -0.0382. The third kappa shape index (κ3) is 1.54. The van der Waals surface area contributed by atoms with Crippen molar-refractivity contribution in [2.45, 2.75) is 0 Å². The number of benzene rings is 2. The van der Waals surface area contributed by atoms with E-state index >= 15 is 0 Å². The lowest BCUT2D eigenvalue weighted by molar-refractivity contribution is 0.101. The summed E-state index contributed by atoms with van der Waals surface area (Å²) in [7, 11) is 0. The summed E-state index contributed by atoms with van der Waals surface area (Å²) < 4.78 is 0. The van der Waals surface area contributed by atoms with Gasteiger partial charge >= 0.3 is 0 Å². The van der Waals surface area contributed by atoms with Crippen LogP contribution in [0.1, 0.15) is 15.9 Å². The number of halogens is 1. The minimum absolute atomic E-state index is 0.0382. The molecule has 1 aliphatic heterocycles. The first kappa shape index (κ1) is 11.1. The zero-order chi connectivity index (χ0) is 12.5. The van der Waals surface area contributed by atoms with Gasteiger partial charge in [0.25, 0.3) is 5.91 Å². The number of fused-ring (bicyclic) bond motifs is 1. The van der Waals surface area contributed by atoms with Crippen LogP contribution in [0.25, 0.3) is 5.70 Å². The molecule has 1 heterocycles. The zero-order valence-corrected chi connectivity index (χ0v) is 10.3. The molecule has 0 bridgehead atoms. The van der Waals surface area contributed by atoms with Crippen molar-refractivity contribution >= 4 is 28.9 Å². The summed E-state index contributed by atoms with van der Waals surface area (Å²) in [5, 5.41) is 0. The van der Waals surface area contributed by atoms with Gasteiger partial charge in [0.05, 0.1) is 5.70 Å². The van der Waals surface area contributed by atoms with Crippen molar-refractivity contribution in [2.75, 3.05) is 4.90 Å². The van der Waals surface area contributed by atoms with E-state index in [0.717, 1.165) is 16.9 Å². The highest BCUT2D eigenvalue weighted by molar-refractivity contribution is 6.33. The molecule has 1 amide bonds. The highest BCUT2D eigenvalue weighted by Crippen LogP contribution is 2.36. The van der Waals surface area contributed by atoms with Crippen molar-refractivity contribution < 1.29 is 4.79 Å². The first-order valence-corrected chi connectivity index (χ1v) is 6.06. The summed E-state index contributed by atoms with van der Waals surface area (Å²) in [6, 6.07) is 17.0. The highest BCUT2D eigenvalue weighted by Gasteiger charge is 2.32. The van der Waals surface area contributed by atoms with E-state index in [0.29, 0.717) is 5.56 Å². The molecular formula is C15H10ClNO. The lowest BCUT2D eigenvalue weighted by Gasteiger charge is -2.17. The quantitative estimate of drug-likeness (QED) is 0.757. The third-order valence-electron chi connectivity index (χ3n) is 3.00. The van der Waals surface area contributed by atoms with Crippen LogP contribution in [-0.2, 0) is 0 Å². The van der Waals surface area contributed by atoms with E-state index in [1.165, 1.54) is 5.54 Å². The van der Waals surface area contributed by atoms with E-state index in [1.807, 2.05) is 54.6 Å². The molecule has 0 atom stereocenters. The summed E-state index contributed by atoms with van der Waals surface area (Å²) in [6.07, 6.45) is 0. The largest absolute Gasteiger partial charge is 0.275 e. The molecule has 3 heteroatoms. The van der Waals surface area contributed by atoms with Gasteiger partial charge in [-0.2, -0.15) is 0 Å². The maximum Gasteiger partial charge on any atom is 0.263 e. The number of rotatable bonds is 1. The molecule has 88 valence electrons. The second-order valence-electron chi connectivity index (χ2n) is 4.02. The third-order valence-corrected chi connectivity index (χ3v) is 3.20. The Hall–Kier alpha value is -2.06. The molecule has 2 aromatic rings. The molecule has 0 radical (unpaired) electrons. The number of hydrogen-bond donors (Lipinski definition) is 0. The summed E-state index contributed by atoms with van der Waals surface area (Å²) >= 11 is 5.89. The Balaban J connectivity index is 2.18. The Labute approximate surface area is 110 Å². The second-order valence-corrected chi connectivity index (χ2v) is 4.23. The normalized spacial score (nSPS) is 16.2. The van der Waals surface area contributed by atoms with Crippen molar-refractivity contribution in [3.8, 4) is 0 Å². The number of nitrogens with zero attached hydrogens (tertiary/aromatic N) is 1. The van der Waals surface area contributed by atoms with Crippen molar-refractivity contribution in [1.82, 2.24) is 0 Å². The molecule has 1 aliphatic rings. The Morgan fingerprint density at radius 2 is 1.50 bits per heavy atom. The van der Waals surface area contributed by atoms with Gasteiger partial charge in [0.2, 0.25) is 0 Å². The summed E-state index contributed by atoms with van der Waals surface area (Å²) in [5.74, 6) is -0.0382. The molecule has 0 unspecified atom stereocenters. The van der Waals surface area contributed by atoms with Crippen molar-refractivity contribution in [3.63, 3.8) is 0 Å². The van der Waals surface area contributed by atoms with Crippen LogP contribution >= 0.6 is 11.6 Å². The van der Waals surface area contributed by atoms with Crippen molar-refractivity contribution in [3.05, 3.63) is 71.3 Å². The van der Waals surface area contributed by atoms with Crippen LogP contribution in [0, 0.1) is 0 Å². The van der Waals surface area contributed by atoms with Crippen LogP contribution in [0.2, 0.25) is 0 Å². The van der Waals surface area contributed by atoms with Gasteiger partial charge in [-0.3, -0.25) is 9.69 Å². The number of anilines is 1. The number of carbonyl (C=O) groups is 1. The zero-order valence-electron chi connectivity index (χ0n) is 9.51. The molecule has 0 saturated carbocycles. The fraction of sp³-hybridized carbons (Fsp3) is 0. The number of amides is 1. The summed E-state index contributed by atoms with van der Waals surface area (Å²) in [5.41, 5.74) is 4.57. The summed E-state index contributed by atoms with van der Waals surface area (Å²) in [4.78, 5) is 14.0. The van der Waals surface area contributed by atoms with Crippen LogP contribution in [0.3, 0.4) is 0 Å². The van der Waals surface area contributed by atoms with Gasteiger partial charge in [0, 0.05) is 22.3 Å². The first-order chi connectivity index (χ1) is 8.83.